The van der Waals surface area contributed by atoms with Crippen LogP contribution in [-0.2, 0) is 11.3 Å². The molecule has 1 aromatic rings. The highest BCUT2D eigenvalue weighted by atomic mass is 16.5. The van der Waals surface area contributed by atoms with E-state index in [4.69, 9.17) is 9.72 Å². The predicted octanol–water partition coefficient (Wildman–Crippen LogP) is 2.93. The van der Waals surface area contributed by atoms with E-state index >= 15 is 0 Å². The number of nitrogens with one attached hydrogen (secondary N) is 1. The third kappa shape index (κ3) is 4.42. The molecule has 2 rings (SSSR count). The lowest BCUT2D eigenvalue weighted by atomic mass is 10.1. The van der Waals surface area contributed by atoms with Gasteiger partial charge in [-0.2, -0.15) is 0 Å². The molecule has 0 saturated carbocycles. The van der Waals surface area contributed by atoms with Crippen molar-refractivity contribution in [2.24, 2.45) is 0 Å². The zero-order valence-electron chi connectivity index (χ0n) is 14.0. The van der Waals surface area contributed by atoms with E-state index in [1.54, 1.807) is 0 Å². The van der Waals surface area contributed by atoms with E-state index in [0.717, 1.165) is 32.1 Å². The van der Waals surface area contributed by atoms with Gasteiger partial charge in [-0.25, -0.2) is 4.98 Å². The number of anilines is 1. The number of aromatic nitrogens is 1. The van der Waals surface area contributed by atoms with Gasteiger partial charge in [-0.05, 0) is 30.5 Å². The van der Waals surface area contributed by atoms with Crippen molar-refractivity contribution >= 4 is 5.82 Å². The molecule has 4 nitrogen and oxygen atoms in total. The Labute approximate surface area is 128 Å². The summed E-state index contributed by atoms with van der Waals surface area (Å²) in [6, 6.07) is 5.34. The molecule has 0 bridgehead atoms. The maximum absolute atomic E-state index is 5.54. The molecule has 2 heterocycles. The third-order valence-electron chi connectivity index (χ3n) is 3.86. The molecule has 1 aliphatic heterocycles. The zero-order valence-corrected chi connectivity index (χ0v) is 14.0. The van der Waals surface area contributed by atoms with Crippen LogP contribution >= 0.6 is 0 Å². The minimum atomic E-state index is 0.388. The Kier molecular flexibility index (Phi) is 5.59. The summed E-state index contributed by atoms with van der Waals surface area (Å²) in [5.41, 5.74) is 2.49. The normalized spacial score (nSPS) is 19.6. The summed E-state index contributed by atoms with van der Waals surface area (Å²) in [5, 5.41) is 3.50. The molecular weight excluding hydrogens is 262 g/mol. The van der Waals surface area contributed by atoms with Gasteiger partial charge in [0.1, 0.15) is 5.82 Å². The maximum atomic E-state index is 5.54. The minimum Gasteiger partial charge on any atom is -0.377 e. The van der Waals surface area contributed by atoms with E-state index in [2.05, 4.69) is 57.0 Å². The summed E-state index contributed by atoms with van der Waals surface area (Å²) in [4.78, 5) is 7.25. The van der Waals surface area contributed by atoms with Crippen LogP contribution in [0.15, 0.2) is 12.1 Å². The first-order chi connectivity index (χ1) is 9.97. The minimum absolute atomic E-state index is 0.388. The summed E-state index contributed by atoms with van der Waals surface area (Å²) in [7, 11) is 0. The van der Waals surface area contributed by atoms with Crippen molar-refractivity contribution in [1.82, 2.24) is 10.3 Å². The first-order valence-electron chi connectivity index (χ1n) is 8.06. The van der Waals surface area contributed by atoms with Crippen molar-refractivity contribution < 1.29 is 4.74 Å². The largest absolute Gasteiger partial charge is 0.377 e. The number of ether oxygens (including phenoxy) is 1. The Morgan fingerprint density at radius 3 is 2.71 bits per heavy atom. The van der Waals surface area contributed by atoms with Gasteiger partial charge in [0.25, 0.3) is 0 Å². The van der Waals surface area contributed by atoms with E-state index in [0.29, 0.717) is 18.0 Å². The second-order valence-corrected chi connectivity index (χ2v) is 6.57. The number of morpholine rings is 1. The molecule has 0 spiro atoms. The number of hydrogen-bond donors (Lipinski definition) is 1. The number of nitrogens with zero attached hydrogens (tertiary/aromatic N) is 2. The molecule has 1 aliphatic rings. The van der Waals surface area contributed by atoms with Crippen LogP contribution in [0.2, 0.25) is 0 Å². The fourth-order valence-corrected chi connectivity index (χ4v) is 2.53. The smallest absolute Gasteiger partial charge is 0.129 e. The molecule has 1 aromatic heterocycles. The first kappa shape index (κ1) is 16.2. The molecule has 1 fully saturated rings. The SMILES string of the molecule is CC(C)NCc1cc(C(C)C)nc(N2CCOCC2C)c1. The van der Waals surface area contributed by atoms with Crippen molar-refractivity contribution in [3.63, 3.8) is 0 Å². The van der Waals surface area contributed by atoms with Gasteiger partial charge in [0.2, 0.25) is 0 Å². The Hall–Kier alpha value is -1.13. The molecule has 0 aliphatic carbocycles. The molecule has 0 radical (unpaired) electrons. The van der Waals surface area contributed by atoms with E-state index < -0.39 is 0 Å². The Morgan fingerprint density at radius 1 is 1.33 bits per heavy atom. The quantitative estimate of drug-likeness (QED) is 0.905. The molecule has 1 atom stereocenters. The summed E-state index contributed by atoms with van der Waals surface area (Å²) >= 11 is 0. The van der Waals surface area contributed by atoms with Crippen LogP contribution in [0.1, 0.15) is 51.8 Å². The summed E-state index contributed by atoms with van der Waals surface area (Å²) in [6.45, 7) is 14.4. The molecule has 4 heteroatoms. The lowest BCUT2D eigenvalue weighted by molar-refractivity contribution is 0.0985. The van der Waals surface area contributed by atoms with Crippen molar-refractivity contribution in [2.45, 2.75) is 59.2 Å². The van der Waals surface area contributed by atoms with Crippen LogP contribution in [0.4, 0.5) is 5.82 Å². The van der Waals surface area contributed by atoms with Gasteiger partial charge in [-0.15, -0.1) is 0 Å². The lowest BCUT2D eigenvalue weighted by Gasteiger charge is -2.35. The Bertz CT molecular complexity index is 459. The maximum Gasteiger partial charge on any atom is 0.129 e. The topological polar surface area (TPSA) is 37.4 Å². The number of hydrogen-bond acceptors (Lipinski definition) is 4. The molecule has 118 valence electrons. The van der Waals surface area contributed by atoms with Gasteiger partial charge in [0.05, 0.1) is 19.3 Å². The highest BCUT2D eigenvalue weighted by Crippen LogP contribution is 2.23. The fraction of sp³-hybridized carbons (Fsp3) is 0.706. The zero-order chi connectivity index (χ0) is 15.4. The third-order valence-corrected chi connectivity index (χ3v) is 3.86. The van der Waals surface area contributed by atoms with Crippen molar-refractivity contribution in [2.75, 3.05) is 24.7 Å². The van der Waals surface area contributed by atoms with Gasteiger partial charge in [-0.3, -0.25) is 0 Å². The van der Waals surface area contributed by atoms with E-state index in [1.165, 1.54) is 11.3 Å². The van der Waals surface area contributed by atoms with Crippen LogP contribution in [-0.4, -0.2) is 36.8 Å². The first-order valence-corrected chi connectivity index (χ1v) is 8.06. The van der Waals surface area contributed by atoms with Crippen molar-refractivity contribution in [3.05, 3.63) is 23.4 Å². The average Bonchev–Trinajstić information content (AvgIpc) is 2.45. The molecule has 1 unspecified atom stereocenters. The lowest BCUT2D eigenvalue weighted by Crippen LogP contribution is -2.44. The Morgan fingerprint density at radius 2 is 2.10 bits per heavy atom. The van der Waals surface area contributed by atoms with Crippen LogP contribution in [0.5, 0.6) is 0 Å². The molecule has 1 saturated heterocycles. The van der Waals surface area contributed by atoms with Crippen LogP contribution in [0, 0.1) is 0 Å². The van der Waals surface area contributed by atoms with Crippen LogP contribution in [0.3, 0.4) is 0 Å². The summed E-state index contributed by atoms with van der Waals surface area (Å²) < 4.78 is 5.54. The molecule has 0 aromatic carbocycles. The van der Waals surface area contributed by atoms with Gasteiger partial charge < -0.3 is 15.0 Å². The van der Waals surface area contributed by atoms with Gasteiger partial charge >= 0.3 is 0 Å². The number of rotatable bonds is 5. The molecule has 21 heavy (non-hydrogen) atoms. The van der Waals surface area contributed by atoms with Crippen LogP contribution < -0.4 is 10.2 Å². The van der Waals surface area contributed by atoms with Gasteiger partial charge in [-0.1, -0.05) is 27.7 Å². The fourth-order valence-electron chi connectivity index (χ4n) is 2.53. The highest BCUT2D eigenvalue weighted by Gasteiger charge is 2.21. The second-order valence-electron chi connectivity index (χ2n) is 6.57. The van der Waals surface area contributed by atoms with E-state index in [-0.39, 0.29) is 0 Å². The summed E-state index contributed by atoms with van der Waals surface area (Å²) in [6.07, 6.45) is 0. The second kappa shape index (κ2) is 7.23. The molecule has 0 amide bonds. The van der Waals surface area contributed by atoms with Crippen LogP contribution in [0.25, 0.3) is 0 Å². The Balaban J connectivity index is 2.26. The van der Waals surface area contributed by atoms with Gasteiger partial charge in [0.15, 0.2) is 0 Å². The molecule has 1 N–H and O–H groups in total. The van der Waals surface area contributed by atoms with Gasteiger partial charge in [0, 0.05) is 24.8 Å². The standard InChI is InChI=1S/C17H29N3O/c1-12(2)16-8-15(10-18-13(3)4)9-17(19-16)20-6-7-21-11-14(20)5/h8-9,12-14,18H,6-7,10-11H2,1-5H3. The van der Waals surface area contributed by atoms with Crippen molar-refractivity contribution in [3.8, 4) is 0 Å². The monoisotopic (exact) mass is 291 g/mol. The predicted molar refractivity (Wildman–Crippen MR) is 87.9 cm³/mol. The number of pyridine rings is 1. The average molecular weight is 291 g/mol. The molecular formula is C17H29N3O. The van der Waals surface area contributed by atoms with Crippen molar-refractivity contribution in [1.29, 1.82) is 0 Å². The highest BCUT2D eigenvalue weighted by molar-refractivity contribution is 5.44. The van der Waals surface area contributed by atoms with E-state index in [1.807, 2.05) is 0 Å². The van der Waals surface area contributed by atoms with E-state index in [9.17, 15) is 0 Å². The summed E-state index contributed by atoms with van der Waals surface area (Å²) in [5.74, 6) is 1.54.